The number of para-hydroxylation sites is 1. The average molecular weight is 253 g/mol. The van der Waals surface area contributed by atoms with E-state index >= 15 is 0 Å². The van der Waals surface area contributed by atoms with Crippen molar-refractivity contribution in [3.05, 3.63) is 30.3 Å². The molecular weight excluding hydrogens is 241 g/mol. The quantitative estimate of drug-likeness (QED) is 0.741. The first-order valence-electron chi connectivity index (χ1n) is 4.81. The van der Waals surface area contributed by atoms with Crippen molar-refractivity contribution in [1.82, 2.24) is 0 Å². The Bertz CT molecular complexity index is 325. The standard InChI is InChI=1S/C11H12NOSe/c13-11(14)10-7-4-8-12(10)9-5-2-1-3-6-9/h1-3,5-6,10H,4,7-8H2/t10-/m0/s1. The Morgan fingerprint density at radius 1 is 1.36 bits per heavy atom. The molecule has 2 nitrogen and oxygen atoms in total. The molecule has 1 fully saturated rings. The van der Waals surface area contributed by atoms with Crippen molar-refractivity contribution in [1.29, 1.82) is 0 Å². The van der Waals surface area contributed by atoms with Gasteiger partial charge in [-0.25, -0.2) is 0 Å². The van der Waals surface area contributed by atoms with Crippen LogP contribution in [0.25, 0.3) is 0 Å². The van der Waals surface area contributed by atoms with Gasteiger partial charge < -0.3 is 0 Å². The number of anilines is 1. The van der Waals surface area contributed by atoms with Crippen LogP contribution >= 0.6 is 0 Å². The van der Waals surface area contributed by atoms with Gasteiger partial charge >= 0.3 is 91.8 Å². The second-order valence-corrected chi connectivity index (χ2v) is 4.35. The van der Waals surface area contributed by atoms with Crippen molar-refractivity contribution in [2.75, 3.05) is 11.4 Å². The number of nitrogens with zero attached hydrogens (tertiary/aromatic N) is 1. The molecule has 1 aromatic carbocycles. The molecule has 1 radical (unpaired) electrons. The molecule has 0 spiro atoms. The zero-order chi connectivity index (χ0) is 9.97. The monoisotopic (exact) mass is 254 g/mol. The van der Waals surface area contributed by atoms with Crippen molar-refractivity contribution in [3.63, 3.8) is 0 Å². The van der Waals surface area contributed by atoms with E-state index in [1.165, 1.54) is 0 Å². The van der Waals surface area contributed by atoms with Crippen LogP contribution in [0.5, 0.6) is 0 Å². The molecule has 0 bridgehead atoms. The van der Waals surface area contributed by atoms with Crippen LogP contribution in [-0.4, -0.2) is 33.3 Å². The van der Waals surface area contributed by atoms with Gasteiger partial charge in [0.25, 0.3) is 0 Å². The molecule has 0 saturated carbocycles. The molecule has 0 amide bonds. The summed E-state index contributed by atoms with van der Waals surface area (Å²) in [6, 6.07) is 10.2. The van der Waals surface area contributed by atoms with E-state index in [-0.39, 0.29) is 10.7 Å². The molecule has 0 aliphatic carbocycles. The zero-order valence-corrected chi connectivity index (χ0v) is 9.56. The molecule has 0 N–H and O–H groups in total. The van der Waals surface area contributed by atoms with Crippen LogP contribution < -0.4 is 4.90 Å². The minimum absolute atomic E-state index is 0.0531. The first kappa shape index (κ1) is 9.75. The topological polar surface area (TPSA) is 20.3 Å². The minimum atomic E-state index is 0.0531. The molecule has 1 aromatic rings. The number of carbonyl (C=O) groups excluding carboxylic acids is 1. The first-order valence-corrected chi connectivity index (χ1v) is 5.67. The molecule has 3 heteroatoms. The van der Waals surface area contributed by atoms with E-state index in [2.05, 4.69) is 33.0 Å². The third-order valence-electron chi connectivity index (χ3n) is 2.61. The molecule has 1 heterocycles. The molecule has 1 saturated heterocycles. The molecule has 0 aromatic heterocycles. The molecule has 14 heavy (non-hydrogen) atoms. The van der Waals surface area contributed by atoms with Gasteiger partial charge in [-0.3, -0.25) is 0 Å². The van der Waals surface area contributed by atoms with E-state index < -0.39 is 0 Å². The van der Waals surface area contributed by atoms with Gasteiger partial charge in [0.1, 0.15) is 0 Å². The number of carbonyl (C=O) groups is 1. The molecule has 0 unspecified atom stereocenters. The van der Waals surface area contributed by atoms with E-state index in [0.717, 1.165) is 25.1 Å². The molecule has 1 aliphatic heterocycles. The fourth-order valence-electron chi connectivity index (χ4n) is 1.94. The third kappa shape index (κ3) is 1.84. The zero-order valence-electron chi connectivity index (χ0n) is 7.85. The van der Waals surface area contributed by atoms with Gasteiger partial charge in [-0.1, -0.05) is 0 Å². The summed E-state index contributed by atoms with van der Waals surface area (Å²) in [5.41, 5.74) is 1.15. The van der Waals surface area contributed by atoms with Crippen molar-refractivity contribution in [3.8, 4) is 0 Å². The van der Waals surface area contributed by atoms with Gasteiger partial charge in [-0.15, -0.1) is 0 Å². The van der Waals surface area contributed by atoms with Crippen LogP contribution in [0.3, 0.4) is 0 Å². The van der Waals surface area contributed by atoms with Gasteiger partial charge in [0.15, 0.2) is 0 Å². The molecule has 73 valence electrons. The summed E-state index contributed by atoms with van der Waals surface area (Å²) < 4.78 is 0.159. The molecule has 2 rings (SSSR count). The SMILES string of the molecule is O=C([Se])[C@@H]1CCCN1c1ccccc1. The van der Waals surface area contributed by atoms with Crippen molar-refractivity contribution < 1.29 is 4.79 Å². The van der Waals surface area contributed by atoms with Crippen molar-refractivity contribution in [2.45, 2.75) is 18.9 Å². The Morgan fingerprint density at radius 2 is 2.07 bits per heavy atom. The maximum absolute atomic E-state index is 11.3. The number of rotatable bonds is 2. The Hall–Kier alpha value is -0.791. The Balaban J connectivity index is 2.22. The molecule has 1 aliphatic rings. The Labute approximate surface area is 92.1 Å². The fourth-order valence-corrected chi connectivity index (χ4v) is 2.45. The van der Waals surface area contributed by atoms with Crippen LogP contribution in [0.15, 0.2) is 30.3 Å². The molecular formula is C11H12NOSe. The van der Waals surface area contributed by atoms with Crippen LogP contribution in [0.1, 0.15) is 12.8 Å². The van der Waals surface area contributed by atoms with Crippen molar-refractivity contribution >= 4 is 26.4 Å². The van der Waals surface area contributed by atoms with Crippen molar-refractivity contribution in [2.24, 2.45) is 0 Å². The summed E-state index contributed by atoms with van der Waals surface area (Å²) in [5.74, 6) is 0. The summed E-state index contributed by atoms with van der Waals surface area (Å²) >= 11 is 2.60. The number of benzene rings is 1. The van der Waals surface area contributed by atoms with Crippen LogP contribution in [0, 0.1) is 0 Å². The summed E-state index contributed by atoms with van der Waals surface area (Å²) in [5, 5.41) is 0. The van der Waals surface area contributed by atoms with E-state index in [0.29, 0.717) is 0 Å². The van der Waals surface area contributed by atoms with Gasteiger partial charge in [-0.2, -0.15) is 0 Å². The van der Waals surface area contributed by atoms with E-state index in [1.807, 2.05) is 18.2 Å². The van der Waals surface area contributed by atoms with Crippen LogP contribution in [0.2, 0.25) is 0 Å². The van der Waals surface area contributed by atoms with Gasteiger partial charge in [0.05, 0.1) is 0 Å². The van der Waals surface area contributed by atoms with E-state index in [9.17, 15) is 4.79 Å². The maximum atomic E-state index is 11.3. The van der Waals surface area contributed by atoms with Crippen LogP contribution in [-0.2, 0) is 4.79 Å². The first-order chi connectivity index (χ1) is 6.79. The summed E-state index contributed by atoms with van der Waals surface area (Å²) in [4.78, 5) is 13.5. The normalized spacial score (nSPS) is 21.1. The van der Waals surface area contributed by atoms with Gasteiger partial charge in [-0.05, 0) is 0 Å². The number of hydrogen-bond donors (Lipinski definition) is 0. The predicted molar refractivity (Wildman–Crippen MR) is 57.6 cm³/mol. The van der Waals surface area contributed by atoms with Crippen LogP contribution in [0.4, 0.5) is 5.69 Å². The summed E-state index contributed by atoms with van der Waals surface area (Å²) in [6.45, 7) is 0.988. The predicted octanol–water partition coefficient (Wildman–Crippen LogP) is 1.35. The second kappa shape index (κ2) is 4.16. The van der Waals surface area contributed by atoms with E-state index in [1.54, 1.807) is 0 Å². The van der Waals surface area contributed by atoms with Gasteiger partial charge in [0, 0.05) is 0 Å². The average Bonchev–Trinajstić information content (AvgIpc) is 2.67. The summed E-state index contributed by atoms with van der Waals surface area (Å²) in [6.07, 6.45) is 2.08. The Kier molecular flexibility index (Phi) is 2.90. The fraction of sp³-hybridized carbons (Fsp3) is 0.364. The second-order valence-electron chi connectivity index (χ2n) is 3.51. The van der Waals surface area contributed by atoms with E-state index in [4.69, 9.17) is 0 Å². The Morgan fingerprint density at radius 3 is 2.71 bits per heavy atom. The molecule has 1 atom stereocenters. The summed E-state index contributed by atoms with van der Waals surface area (Å²) in [7, 11) is 0. The number of hydrogen-bond acceptors (Lipinski definition) is 2. The van der Waals surface area contributed by atoms with Gasteiger partial charge in [0.2, 0.25) is 0 Å². The third-order valence-corrected chi connectivity index (χ3v) is 3.18.